The van der Waals surface area contributed by atoms with Gasteiger partial charge in [0.15, 0.2) is 0 Å². The predicted octanol–water partition coefficient (Wildman–Crippen LogP) is 3.91. The van der Waals surface area contributed by atoms with E-state index in [1.54, 1.807) is 0 Å². The summed E-state index contributed by atoms with van der Waals surface area (Å²) in [4.78, 5) is 0. The minimum atomic E-state index is 0.673. The Morgan fingerprint density at radius 3 is 2.62 bits per heavy atom. The SMILES string of the molecule is NCC1CCCC1Cc1ccc(Cl)cc1Cl. The first-order valence-corrected chi connectivity index (χ1v) is 6.60. The molecule has 0 radical (unpaired) electrons. The highest BCUT2D eigenvalue weighted by atomic mass is 35.5. The second-order valence-corrected chi connectivity index (χ2v) is 5.47. The molecule has 0 saturated heterocycles. The van der Waals surface area contributed by atoms with Crippen molar-refractivity contribution in [1.29, 1.82) is 0 Å². The summed E-state index contributed by atoms with van der Waals surface area (Å²) in [5.41, 5.74) is 6.99. The van der Waals surface area contributed by atoms with Gasteiger partial charge in [0.2, 0.25) is 0 Å². The summed E-state index contributed by atoms with van der Waals surface area (Å²) in [6.45, 7) is 0.801. The largest absolute Gasteiger partial charge is 0.330 e. The van der Waals surface area contributed by atoms with E-state index in [0.29, 0.717) is 16.9 Å². The van der Waals surface area contributed by atoms with Crippen molar-refractivity contribution >= 4 is 23.2 Å². The van der Waals surface area contributed by atoms with Crippen LogP contribution in [0.2, 0.25) is 10.0 Å². The van der Waals surface area contributed by atoms with Crippen molar-refractivity contribution in [2.45, 2.75) is 25.7 Å². The number of benzene rings is 1. The number of rotatable bonds is 3. The van der Waals surface area contributed by atoms with Crippen LogP contribution in [0.4, 0.5) is 0 Å². The summed E-state index contributed by atoms with van der Waals surface area (Å²) in [5, 5.41) is 1.49. The van der Waals surface area contributed by atoms with Crippen LogP contribution in [0.3, 0.4) is 0 Å². The molecule has 0 bridgehead atoms. The molecule has 1 aromatic rings. The molecular formula is C13H17Cl2N. The van der Waals surface area contributed by atoms with E-state index in [4.69, 9.17) is 28.9 Å². The van der Waals surface area contributed by atoms with E-state index in [1.807, 2.05) is 18.2 Å². The fourth-order valence-electron chi connectivity index (χ4n) is 2.66. The molecule has 3 heteroatoms. The van der Waals surface area contributed by atoms with Crippen LogP contribution in [-0.4, -0.2) is 6.54 Å². The molecular weight excluding hydrogens is 241 g/mol. The summed E-state index contributed by atoms with van der Waals surface area (Å²) >= 11 is 12.1. The third kappa shape index (κ3) is 2.71. The van der Waals surface area contributed by atoms with Crippen molar-refractivity contribution in [3.05, 3.63) is 33.8 Å². The Bertz CT molecular complexity index is 365. The van der Waals surface area contributed by atoms with Crippen molar-refractivity contribution in [1.82, 2.24) is 0 Å². The summed E-state index contributed by atoms with van der Waals surface area (Å²) in [7, 11) is 0. The average Bonchev–Trinajstić information content (AvgIpc) is 2.69. The van der Waals surface area contributed by atoms with E-state index >= 15 is 0 Å². The first-order valence-electron chi connectivity index (χ1n) is 5.84. The lowest BCUT2D eigenvalue weighted by atomic mass is 9.90. The molecule has 16 heavy (non-hydrogen) atoms. The topological polar surface area (TPSA) is 26.0 Å². The van der Waals surface area contributed by atoms with Crippen LogP contribution in [0.5, 0.6) is 0 Å². The Labute approximate surface area is 107 Å². The summed E-state index contributed by atoms with van der Waals surface area (Å²) in [5.74, 6) is 1.37. The van der Waals surface area contributed by atoms with E-state index in [0.717, 1.165) is 18.0 Å². The molecule has 1 aromatic carbocycles. The first kappa shape index (κ1) is 12.2. The third-order valence-electron chi connectivity index (χ3n) is 3.62. The van der Waals surface area contributed by atoms with E-state index in [1.165, 1.54) is 24.8 Å². The monoisotopic (exact) mass is 257 g/mol. The summed E-state index contributed by atoms with van der Waals surface area (Å²) in [6.07, 6.45) is 4.89. The molecule has 0 amide bonds. The fraction of sp³-hybridized carbons (Fsp3) is 0.538. The Morgan fingerprint density at radius 2 is 1.94 bits per heavy atom. The van der Waals surface area contributed by atoms with Gasteiger partial charge < -0.3 is 5.73 Å². The maximum atomic E-state index is 6.18. The maximum absolute atomic E-state index is 6.18. The van der Waals surface area contributed by atoms with Gasteiger partial charge in [0.1, 0.15) is 0 Å². The van der Waals surface area contributed by atoms with Crippen LogP contribution >= 0.6 is 23.2 Å². The molecule has 0 spiro atoms. The van der Waals surface area contributed by atoms with Crippen LogP contribution in [0.1, 0.15) is 24.8 Å². The van der Waals surface area contributed by atoms with Gasteiger partial charge in [-0.05, 0) is 55.3 Å². The number of halogens is 2. The first-order chi connectivity index (χ1) is 7.70. The second-order valence-electron chi connectivity index (χ2n) is 4.63. The smallest absolute Gasteiger partial charge is 0.0452 e. The second kappa shape index (κ2) is 5.39. The lowest BCUT2D eigenvalue weighted by Crippen LogP contribution is -2.20. The van der Waals surface area contributed by atoms with Gasteiger partial charge in [-0.1, -0.05) is 35.7 Å². The highest BCUT2D eigenvalue weighted by molar-refractivity contribution is 6.35. The van der Waals surface area contributed by atoms with Gasteiger partial charge in [0.25, 0.3) is 0 Å². The highest BCUT2D eigenvalue weighted by Crippen LogP contribution is 2.35. The van der Waals surface area contributed by atoms with Crippen LogP contribution in [0.25, 0.3) is 0 Å². The molecule has 1 nitrogen and oxygen atoms in total. The maximum Gasteiger partial charge on any atom is 0.0452 e. The van der Waals surface area contributed by atoms with Gasteiger partial charge in [-0.2, -0.15) is 0 Å². The molecule has 0 heterocycles. The molecule has 2 atom stereocenters. The molecule has 2 unspecified atom stereocenters. The Balaban J connectivity index is 2.08. The highest BCUT2D eigenvalue weighted by Gasteiger charge is 2.26. The lowest BCUT2D eigenvalue weighted by Gasteiger charge is -2.18. The van der Waals surface area contributed by atoms with E-state index in [9.17, 15) is 0 Å². The molecule has 0 aromatic heterocycles. The van der Waals surface area contributed by atoms with Gasteiger partial charge in [0, 0.05) is 10.0 Å². The fourth-order valence-corrected chi connectivity index (χ4v) is 3.15. The zero-order valence-electron chi connectivity index (χ0n) is 9.26. The average molecular weight is 258 g/mol. The Hall–Kier alpha value is -0.240. The molecule has 88 valence electrons. The summed E-state index contributed by atoms with van der Waals surface area (Å²) in [6, 6.07) is 5.77. The van der Waals surface area contributed by atoms with Gasteiger partial charge in [-0.3, -0.25) is 0 Å². The molecule has 2 N–H and O–H groups in total. The summed E-state index contributed by atoms with van der Waals surface area (Å²) < 4.78 is 0. The van der Waals surface area contributed by atoms with Crippen molar-refractivity contribution in [2.24, 2.45) is 17.6 Å². The van der Waals surface area contributed by atoms with Gasteiger partial charge in [0.05, 0.1) is 0 Å². The minimum Gasteiger partial charge on any atom is -0.330 e. The quantitative estimate of drug-likeness (QED) is 0.873. The van der Waals surface area contributed by atoms with Crippen LogP contribution in [0, 0.1) is 11.8 Å². The van der Waals surface area contributed by atoms with Gasteiger partial charge in [-0.25, -0.2) is 0 Å². The number of nitrogens with two attached hydrogens (primary N) is 1. The zero-order chi connectivity index (χ0) is 11.5. The molecule has 1 saturated carbocycles. The lowest BCUT2D eigenvalue weighted by molar-refractivity contribution is 0.394. The van der Waals surface area contributed by atoms with Crippen molar-refractivity contribution in [2.75, 3.05) is 6.54 Å². The number of hydrogen-bond acceptors (Lipinski definition) is 1. The molecule has 1 aliphatic rings. The number of hydrogen-bond donors (Lipinski definition) is 1. The van der Waals surface area contributed by atoms with E-state index in [2.05, 4.69) is 0 Å². The van der Waals surface area contributed by atoms with Crippen molar-refractivity contribution in [3.8, 4) is 0 Å². The molecule has 1 aliphatic carbocycles. The molecule has 0 aliphatic heterocycles. The van der Waals surface area contributed by atoms with Crippen LogP contribution < -0.4 is 5.73 Å². The Kier molecular flexibility index (Phi) is 4.12. The normalized spacial score (nSPS) is 24.9. The minimum absolute atomic E-state index is 0.673. The van der Waals surface area contributed by atoms with Gasteiger partial charge >= 0.3 is 0 Å². The van der Waals surface area contributed by atoms with Crippen LogP contribution in [0.15, 0.2) is 18.2 Å². The van der Waals surface area contributed by atoms with E-state index in [-0.39, 0.29) is 0 Å². The molecule has 1 fully saturated rings. The predicted molar refractivity (Wildman–Crippen MR) is 70.1 cm³/mol. The third-order valence-corrected chi connectivity index (χ3v) is 4.20. The van der Waals surface area contributed by atoms with Crippen molar-refractivity contribution in [3.63, 3.8) is 0 Å². The van der Waals surface area contributed by atoms with Crippen LogP contribution in [-0.2, 0) is 6.42 Å². The zero-order valence-corrected chi connectivity index (χ0v) is 10.8. The standard InChI is InChI=1S/C13H17Cl2N/c14-12-5-4-10(13(15)7-12)6-9-2-1-3-11(9)8-16/h4-5,7,9,11H,1-3,6,8,16H2. The van der Waals surface area contributed by atoms with Crippen molar-refractivity contribution < 1.29 is 0 Å². The Morgan fingerprint density at radius 1 is 1.19 bits per heavy atom. The molecule has 2 rings (SSSR count). The van der Waals surface area contributed by atoms with Gasteiger partial charge in [-0.15, -0.1) is 0 Å². The van der Waals surface area contributed by atoms with E-state index < -0.39 is 0 Å².